The Morgan fingerprint density at radius 2 is 1.95 bits per heavy atom. The molecule has 19 heavy (non-hydrogen) atoms. The van der Waals surface area contributed by atoms with E-state index >= 15 is 0 Å². The molecule has 1 saturated carbocycles. The zero-order valence-corrected chi connectivity index (χ0v) is 11.7. The van der Waals surface area contributed by atoms with Gasteiger partial charge in [-0.25, -0.2) is 13.2 Å². The van der Waals surface area contributed by atoms with Crippen LogP contribution in [0.4, 0.5) is 5.69 Å². The van der Waals surface area contributed by atoms with Gasteiger partial charge in [0.25, 0.3) is 0 Å². The molecule has 104 valence electrons. The molecule has 6 heteroatoms. The molecule has 2 N–H and O–H groups in total. The van der Waals surface area contributed by atoms with E-state index < -0.39 is 21.3 Å². The summed E-state index contributed by atoms with van der Waals surface area (Å²) in [5, 5.41) is 12.3. The summed E-state index contributed by atoms with van der Waals surface area (Å²) in [6.07, 6.45) is 2.80. The molecule has 0 aliphatic heterocycles. The van der Waals surface area contributed by atoms with Crippen molar-refractivity contribution in [3.8, 4) is 0 Å². The Bertz CT molecular complexity index is 607. The van der Waals surface area contributed by atoms with Crippen molar-refractivity contribution < 1.29 is 18.3 Å². The molecule has 0 spiro atoms. The van der Waals surface area contributed by atoms with E-state index in [2.05, 4.69) is 5.32 Å². The van der Waals surface area contributed by atoms with Crippen LogP contribution in [0, 0.1) is 5.92 Å². The first-order valence-corrected chi connectivity index (χ1v) is 7.95. The quantitative estimate of drug-likeness (QED) is 0.860. The van der Waals surface area contributed by atoms with Crippen LogP contribution >= 0.6 is 0 Å². The summed E-state index contributed by atoms with van der Waals surface area (Å²) in [5.74, 6) is -0.920. The first-order chi connectivity index (χ1) is 8.75. The van der Waals surface area contributed by atoms with Crippen molar-refractivity contribution in [2.45, 2.75) is 30.2 Å². The van der Waals surface area contributed by atoms with Crippen molar-refractivity contribution in [1.82, 2.24) is 0 Å². The van der Waals surface area contributed by atoms with Crippen molar-refractivity contribution in [3.05, 3.63) is 24.3 Å². The first kappa shape index (κ1) is 13.9. The second-order valence-corrected chi connectivity index (χ2v) is 7.16. The molecule has 0 saturated heterocycles. The Labute approximate surface area is 112 Å². The SMILES string of the molecule is CC(Nc1ccccc1S(C)(=O)=O)(C(=O)O)C1CC1. The van der Waals surface area contributed by atoms with Crippen molar-refractivity contribution >= 4 is 21.5 Å². The van der Waals surface area contributed by atoms with Gasteiger partial charge in [0.2, 0.25) is 0 Å². The number of rotatable bonds is 5. The van der Waals surface area contributed by atoms with Gasteiger partial charge in [-0.15, -0.1) is 0 Å². The number of aliphatic carboxylic acids is 1. The third-order valence-electron chi connectivity index (χ3n) is 3.52. The number of hydrogen-bond acceptors (Lipinski definition) is 4. The summed E-state index contributed by atoms with van der Waals surface area (Å²) in [6.45, 7) is 1.60. The number of carbonyl (C=O) groups is 1. The van der Waals surface area contributed by atoms with Gasteiger partial charge in [-0.3, -0.25) is 0 Å². The Balaban J connectivity index is 2.41. The highest BCUT2D eigenvalue weighted by atomic mass is 32.2. The fraction of sp³-hybridized carbons (Fsp3) is 0.462. The molecule has 1 fully saturated rings. The molecule has 0 aromatic heterocycles. The van der Waals surface area contributed by atoms with Gasteiger partial charge in [0.1, 0.15) is 5.54 Å². The number of hydrogen-bond donors (Lipinski definition) is 2. The lowest BCUT2D eigenvalue weighted by atomic mass is 9.95. The summed E-state index contributed by atoms with van der Waals surface area (Å²) in [6, 6.07) is 6.38. The maximum Gasteiger partial charge on any atom is 0.329 e. The number of nitrogens with one attached hydrogen (secondary N) is 1. The highest BCUT2D eigenvalue weighted by Crippen LogP contribution is 2.42. The number of benzene rings is 1. The summed E-state index contributed by atoms with van der Waals surface area (Å²) in [7, 11) is -3.39. The van der Waals surface area contributed by atoms with Gasteiger partial charge in [0.15, 0.2) is 9.84 Å². The molecular weight excluding hydrogens is 266 g/mol. The van der Waals surface area contributed by atoms with E-state index in [0.717, 1.165) is 19.1 Å². The van der Waals surface area contributed by atoms with E-state index in [1.807, 2.05) is 0 Å². The van der Waals surface area contributed by atoms with Crippen LogP contribution in [0.15, 0.2) is 29.2 Å². The van der Waals surface area contributed by atoms with Crippen LogP contribution in [0.1, 0.15) is 19.8 Å². The minimum Gasteiger partial charge on any atom is -0.480 e. The lowest BCUT2D eigenvalue weighted by molar-refractivity contribution is -0.142. The molecule has 0 amide bonds. The van der Waals surface area contributed by atoms with Gasteiger partial charge in [-0.1, -0.05) is 12.1 Å². The summed E-state index contributed by atoms with van der Waals surface area (Å²) < 4.78 is 23.4. The van der Waals surface area contributed by atoms with E-state index in [1.165, 1.54) is 6.07 Å². The topological polar surface area (TPSA) is 83.5 Å². The van der Waals surface area contributed by atoms with Gasteiger partial charge in [-0.2, -0.15) is 0 Å². The smallest absolute Gasteiger partial charge is 0.329 e. The highest BCUT2D eigenvalue weighted by molar-refractivity contribution is 7.90. The van der Waals surface area contributed by atoms with Crippen molar-refractivity contribution in [3.63, 3.8) is 0 Å². The van der Waals surface area contributed by atoms with Crippen LogP contribution < -0.4 is 5.32 Å². The second-order valence-electron chi connectivity index (χ2n) is 5.18. The minimum absolute atomic E-state index is 0.0395. The second kappa shape index (κ2) is 4.52. The maximum absolute atomic E-state index is 11.7. The monoisotopic (exact) mass is 283 g/mol. The van der Waals surface area contributed by atoms with E-state index in [0.29, 0.717) is 5.69 Å². The summed E-state index contributed by atoms with van der Waals surface area (Å²) >= 11 is 0. The number of carboxylic acids is 1. The van der Waals surface area contributed by atoms with E-state index in [-0.39, 0.29) is 10.8 Å². The number of sulfone groups is 1. The van der Waals surface area contributed by atoms with E-state index in [1.54, 1.807) is 25.1 Å². The van der Waals surface area contributed by atoms with Gasteiger partial charge in [0.05, 0.1) is 10.6 Å². The predicted octanol–water partition coefficient (Wildman–Crippen LogP) is 1.76. The van der Waals surface area contributed by atoms with E-state index in [9.17, 15) is 18.3 Å². The van der Waals surface area contributed by atoms with Crippen LogP contribution in [0.25, 0.3) is 0 Å². The van der Waals surface area contributed by atoms with Crippen LogP contribution in [0.3, 0.4) is 0 Å². The van der Waals surface area contributed by atoms with Crippen LogP contribution in [0.2, 0.25) is 0 Å². The molecule has 0 bridgehead atoms. The molecule has 1 aromatic carbocycles. The predicted molar refractivity (Wildman–Crippen MR) is 71.9 cm³/mol. The molecule has 0 radical (unpaired) electrons. The van der Waals surface area contributed by atoms with Crippen molar-refractivity contribution in [1.29, 1.82) is 0 Å². The number of para-hydroxylation sites is 1. The average molecular weight is 283 g/mol. The van der Waals surface area contributed by atoms with Gasteiger partial charge >= 0.3 is 5.97 Å². The minimum atomic E-state index is -3.39. The van der Waals surface area contributed by atoms with Crippen molar-refractivity contribution in [2.24, 2.45) is 5.92 Å². The normalized spacial score (nSPS) is 18.6. The zero-order chi connectivity index (χ0) is 14.3. The largest absolute Gasteiger partial charge is 0.480 e. The van der Waals surface area contributed by atoms with Crippen molar-refractivity contribution in [2.75, 3.05) is 11.6 Å². The third-order valence-corrected chi connectivity index (χ3v) is 4.67. The van der Waals surface area contributed by atoms with Gasteiger partial charge in [-0.05, 0) is 37.8 Å². The lowest BCUT2D eigenvalue weighted by Crippen LogP contribution is -2.45. The molecule has 0 heterocycles. The third kappa shape index (κ3) is 2.73. The van der Waals surface area contributed by atoms with Gasteiger partial charge < -0.3 is 10.4 Å². The molecule has 5 nitrogen and oxygen atoms in total. The molecule has 2 rings (SSSR count). The fourth-order valence-corrected chi connectivity index (χ4v) is 3.01. The number of anilines is 1. The Morgan fingerprint density at radius 3 is 2.42 bits per heavy atom. The number of carboxylic acid groups (broad SMARTS) is 1. The standard InChI is InChI=1S/C13H17NO4S/c1-13(12(15)16,9-7-8-9)14-10-5-3-4-6-11(10)19(2,17)18/h3-6,9,14H,7-8H2,1-2H3,(H,15,16). The van der Waals surface area contributed by atoms with Crippen LogP contribution in [0.5, 0.6) is 0 Å². The molecule has 1 aliphatic rings. The molecule has 1 aromatic rings. The van der Waals surface area contributed by atoms with E-state index in [4.69, 9.17) is 0 Å². The van der Waals surface area contributed by atoms with Gasteiger partial charge in [0, 0.05) is 6.26 Å². The molecule has 1 unspecified atom stereocenters. The Hall–Kier alpha value is -1.56. The Kier molecular flexibility index (Phi) is 3.30. The zero-order valence-electron chi connectivity index (χ0n) is 10.9. The summed E-state index contributed by atoms with van der Waals surface area (Å²) in [4.78, 5) is 11.6. The summed E-state index contributed by atoms with van der Waals surface area (Å²) in [5.41, 5.74) is -0.775. The molecular formula is C13H17NO4S. The first-order valence-electron chi connectivity index (χ1n) is 6.06. The van der Waals surface area contributed by atoms with Crippen LogP contribution in [-0.4, -0.2) is 31.3 Å². The maximum atomic E-state index is 11.7. The molecule has 1 atom stereocenters. The molecule has 1 aliphatic carbocycles. The highest BCUT2D eigenvalue weighted by Gasteiger charge is 2.48. The Morgan fingerprint density at radius 1 is 1.37 bits per heavy atom. The lowest BCUT2D eigenvalue weighted by Gasteiger charge is -2.28. The fourth-order valence-electron chi connectivity index (χ4n) is 2.16. The average Bonchev–Trinajstić information content (AvgIpc) is 3.11. The van der Waals surface area contributed by atoms with Crippen LogP contribution in [-0.2, 0) is 14.6 Å².